The van der Waals surface area contributed by atoms with Crippen molar-refractivity contribution in [3.63, 3.8) is 0 Å². The number of nitrogens with one attached hydrogen (secondary N) is 2. The number of hydrogen-bond acceptors (Lipinski definition) is 6. The molecule has 4 heterocycles. The lowest BCUT2D eigenvalue weighted by atomic mass is 10.0. The Hall–Kier alpha value is -3.26. The standard InChI is InChI=1S/C24H28N6O2.C2H6/c1-25-24(32)21-7-6-18(14-26-21)29-12-9-17(10-13-29)30-11-8-16(15-30)22-27-20-5-3-2-4-19(20)23(31)28-22;1-2/h2-7,14,16-17H,8-13,15H2,1H3,(H,25,32)(H,27,28,31);1-2H3. The number of carbonyl (C=O) groups is 1. The second kappa shape index (κ2) is 10.8. The van der Waals surface area contributed by atoms with Crippen LogP contribution in [-0.2, 0) is 0 Å². The number of nitrogens with zero attached hydrogens (tertiary/aromatic N) is 4. The van der Waals surface area contributed by atoms with Crippen molar-refractivity contribution in [1.29, 1.82) is 0 Å². The summed E-state index contributed by atoms with van der Waals surface area (Å²) in [6, 6.07) is 11.8. The first-order chi connectivity index (χ1) is 16.6. The van der Waals surface area contributed by atoms with E-state index in [9.17, 15) is 9.59 Å². The molecule has 180 valence electrons. The van der Waals surface area contributed by atoms with Crippen molar-refractivity contribution in [2.75, 3.05) is 38.1 Å². The lowest BCUT2D eigenvalue weighted by Crippen LogP contribution is -2.44. The largest absolute Gasteiger partial charge is 0.370 e. The normalized spacial score (nSPS) is 19.0. The molecule has 2 N–H and O–H groups in total. The van der Waals surface area contributed by atoms with Gasteiger partial charge in [0.2, 0.25) is 0 Å². The first-order valence-electron chi connectivity index (χ1n) is 12.3. The van der Waals surface area contributed by atoms with Crippen LogP contribution < -0.4 is 15.8 Å². The van der Waals surface area contributed by atoms with Crippen molar-refractivity contribution in [3.05, 3.63) is 64.5 Å². The summed E-state index contributed by atoms with van der Waals surface area (Å²) in [4.78, 5) is 41.1. The Morgan fingerprint density at radius 2 is 1.82 bits per heavy atom. The van der Waals surface area contributed by atoms with Crippen LogP contribution in [0.15, 0.2) is 47.4 Å². The van der Waals surface area contributed by atoms with Gasteiger partial charge in [0.25, 0.3) is 11.5 Å². The summed E-state index contributed by atoms with van der Waals surface area (Å²) in [6.45, 7) is 7.92. The zero-order valence-corrected chi connectivity index (χ0v) is 20.3. The van der Waals surface area contributed by atoms with Crippen LogP contribution in [0.3, 0.4) is 0 Å². The van der Waals surface area contributed by atoms with Crippen LogP contribution >= 0.6 is 0 Å². The van der Waals surface area contributed by atoms with Crippen LogP contribution in [-0.4, -0.2) is 65.0 Å². The second-order valence-corrected chi connectivity index (χ2v) is 8.65. The number of piperidine rings is 1. The third-order valence-electron chi connectivity index (χ3n) is 6.79. The van der Waals surface area contributed by atoms with E-state index < -0.39 is 0 Å². The molecule has 1 unspecified atom stereocenters. The van der Waals surface area contributed by atoms with Gasteiger partial charge in [0.1, 0.15) is 11.5 Å². The number of carbonyl (C=O) groups excluding carboxylic acids is 1. The van der Waals surface area contributed by atoms with Crippen molar-refractivity contribution in [1.82, 2.24) is 25.2 Å². The fourth-order valence-electron chi connectivity index (χ4n) is 4.96. The number of fused-ring (bicyclic) bond motifs is 1. The van der Waals surface area contributed by atoms with Gasteiger partial charge in [-0.15, -0.1) is 0 Å². The Morgan fingerprint density at radius 3 is 2.53 bits per heavy atom. The zero-order chi connectivity index (χ0) is 24.1. The topological polar surface area (TPSA) is 94.2 Å². The van der Waals surface area contributed by atoms with Gasteiger partial charge in [0.15, 0.2) is 0 Å². The molecule has 2 aromatic heterocycles. The average Bonchev–Trinajstić information content (AvgIpc) is 3.40. The summed E-state index contributed by atoms with van der Waals surface area (Å²) >= 11 is 0. The molecule has 34 heavy (non-hydrogen) atoms. The number of H-pyrrole nitrogens is 1. The molecule has 0 spiro atoms. The molecular weight excluding hydrogens is 428 g/mol. The first-order valence-corrected chi connectivity index (χ1v) is 12.3. The molecule has 2 aliphatic rings. The summed E-state index contributed by atoms with van der Waals surface area (Å²) in [5, 5.41) is 3.25. The van der Waals surface area contributed by atoms with Crippen molar-refractivity contribution in [3.8, 4) is 0 Å². The molecule has 2 fully saturated rings. The highest BCUT2D eigenvalue weighted by molar-refractivity contribution is 5.92. The maximum Gasteiger partial charge on any atom is 0.269 e. The van der Waals surface area contributed by atoms with E-state index in [1.165, 1.54) is 0 Å². The number of amides is 1. The minimum absolute atomic E-state index is 0.0478. The minimum Gasteiger partial charge on any atom is -0.370 e. The van der Waals surface area contributed by atoms with Crippen molar-refractivity contribution in [2.24, 2.45) is 0 Å². The Labute approximate surface area is 200 Å². The zero-order valence-electron chi connectivity index (χ0n) is 20.3. The predicted octanol–water partition coefficient (Wildman–Crippen LogP) is 3.16. The van der Waals surface area contributed by atoms with Gasteiger partial charge in [-0.3, -0.25) is 14.5 Å². The van der Waals surface area contributed by atoms with E-state index in [0.29, 0.717) is 17.1 Å². The lowest BCUT2D eigenvalue weighted by molar-refractivity contribution is 0.0958. The summed E-state index contributed by atoms with van der Waals surface area (Å²) in [6.07, 6.45) is 4.99. The van der Waals surface area contributed by atoms with Crippen molar-refractivity contribution < 1.29 is 4.79 Å². The summed E-state index contributed by atoms with van der Waals surface area (Å²) in [5.74, 6) is 0.920. The Bertz CT molecular complexity index is 1170. The SMILES string of the molecule is CC.CNC(=O)c1ccc(N2CCC(N3CCC(c4nc5ccccc5c(=O)[nH]4)C3)CC2)cn1. The molecular formula is C26H34N6O2. The fraction of sp³-hybridized carbons (Fsp3) is 0.462. The molecule has 1 amide bonds. The molecule has 3 aromatic rings. The van der Waals surface area contributed by atoms with Gasteiger partial charge in [-0.05, 0) is 50.1 Å². The van der Waals surface area contributed by atoms with Crippen LogP contribution in [0, 0.1) is 0 Å². The number of anilines is 1. The first kappa shape index (κ1) is 23.9. The van der Waals surface area contributed by atoms with Gasteiger partial charge in [-0.25, -0.2) is 9.97 Å². The predicted molar refractivity (Wildman–Crippen MR) is 136 cm³/mol. The average molecular weight is 463 g/mol. The Balaban J connectivity index is 0.00000133. The summed E-state index contributed by atoms with van der Waals surface area (Å²) < 4.78 is 0. The highest BCUT2D eigenvalue weighted by atomic mass is 16.1. The summed E-state index contributed by atoms with van der Waals surface area (Å²) in [7, 11) is 1.61. The third-order valence-corrected chi connectivity index (χ3v) is 6.79. The molecule has 8 heteroatoms. The van der Waals surface area contributed by atoms with E-state index in [-0.39, 0.29) is 17.4 Å². The number of aromatic amines is 1. The number of likely N-dealkylation sites (tertiary alicyclic amines) is 1. The van der Waals surface area contributed by atoms with E-state index in [1.54, 1.807) is 19.3 Å². The molecule has 1 aromatic carbocycles. The van der Waals surface area contributed by atoms with Crippen LogP contribution in [0.1, 0.15) is 55.3 Å². The van der Waals surface area contributed by atoms with Gasteiger partial charge in [0, 0.05) is 38.6 Å². The monoisotopic (exact) mass is 462 g/mol. The molecule has 2 saturated heterocycles. The van der Waals surface area contributed by atoms with E-state index >= 15 is 0 Å². The van der Waals surface area contributed by atoms with E-state index in [1.807, 2.05) is 44.2 Å². The van der Waals surface area contributed by atoms with Gasteiger partial charge in [0.05, 0.1) is 22.8 Å². The van der Waals surface area contributed by atoms with E-state index in [2.05, 4.69) is 25.1 Å². The second-order valence-electron chi connectivity index (χ2n) is 8.65. The molecule has 5 rings (SSSR count). The molecule has 0 saturated carbocycles. The molecule has 1 atom stereocenters. The number of hydrogen-bond donors (Lipinski definition) is 2. The number of benzene rings is 1. The lowest BCUT2D eigenvalue weighted by Gasteiger charge is -2.37. The van der Waals surface area contributed by atoms with Crippen LogP contribution in [0.25, 0.3) is 10.9 Å². The van der Waals surface area contributed by atoms with Crippen molar-refractivity contribution >= 4 is 22.5 Å². The molecule has 0 radical (unpaired) electrons. The molecule has 2 aliphatic heterocycles. The molecule has 0 bridgehead atoms. The van der Waals surface area contributed by atoms with Gasteiger partial charge in [-0.2, -0.15) is 0 Å². The minimum atomic E-state index is -0.166. The number of aromatic nitrogens is 3. The smallest absolute Gasteiger partial charge is 0.269 e. The van der Waals surface area contributed by atoms with E-state index in [0.717, 1.165) is 62.5 Å². The van der Waals surface area contributed by atoms with E-state index in [4.69, 9.17) is 4.98 Å². The number of rotatable bonds is 4. The highest BCUT2D eigenvalue weighted by Crippen LogP contribution is 2.30. The van der Waals surface area contributed by atoms with Crippen LogP contribution in [0.4, 0.5) is 5.69 Å². The van der Waals surface area contributed by atoms with Gasteiger partial charge in [-0.1, -0.05) is 26.0 Å². The maximum atomic E-state index is 12.4. The number of pyridine rings is 1. The van der Waals surface area contributed by atoms with Crippen molar-refractivity contribution in [2.45, 2.75) is 45.1 Å². The molecule has 8 nitrogen and oxygen atoms in total. The van der Waals surface area contributed by atoms with Crippen LogP contribution in [0.2, 0.25) is 0 Å². The quantitative estimate of drug-likeness (QED) is 0.619. The van der Waals surface area contributed by atoms with Gasteiger partial charge >= 0.3 is 0 Å². The van der Waals surface area contributed by atoms with Crippen LogP contribution in [0.5, 0.6) is 0 Å². The maximum absolute atomic E-state index is 12.4. The molecule has 0 aliphatic carbocycles. The fourth-order valence-corrected chi connectivity index (χ4v) is 4.96. The Morgan fingerprint density at radius 1 is 1.06 bits per heavy atom. The third kappa shape index (κ3) is 4.97. The van der Waals surface area contributed by atoms with Gasteiger partial charge < -0.3 is 15.2 Å². The summed E-state index contributed by atoms with van der Waals surface area (Å²) in [5.41, 5.74) is 2.23. The Kier molecular flexibility index (Phi) is 7.57. The highest BCUT2D eigenvalue weighted by Gasteiger charge is 2.32. The number of para-hydroxylation sites is 1.